The van der Waals surface area contributed by atoms with E-state index in [-0.39, 0.29) is 18.4 Å². The van der Waals surface area contributed by atoms with E-state index in [0.29, 0.717) is 31.3 Å². The first-order chi connectivity index (χ1) is 9.98. The molecule has 1 unspecified atom stereocenters. The van der Waals surface area contributed by atoms with Gasteiger partial charge in [0.1, 0.15) is 6.54 Å². The van der Waals surface area contributed by atoms with Gasteiger partial charge in [-0.15, -0.1) is 0 Å². The molecule has 0 aromatic rings. The van der Waals surface area contributed by atoms with E-state index in [9.17, 15) is 9.59 Å². The molecule has 2 N–H and O–H groups in total. The van der Waals surface area contributed by atoms with Gasteiger partial charge in [0.25, 0.3) is 0 Å². The van der Waals surface area contributed by atoms with E-state index in [4.69, 9.17) is 10.5 Å². The Hall–Kier alpha value is -1.10. The Morgan fingerprint density at radius 1 is 1.19 bits per heavy atom. The van der Waals surface area contributed by atoms with Crippen LogP contribution in [0.3, 0.4) is 0 Å². The van der Waals surface area contributed by atoms with E-state index in [0.717, 1.165) is 25.7 Å². The molecule has 0 fully saturated rings. The van der Waals surface area contributed by atoms with Gasteiger partial charge in [0.05, 0.1) is 7.11 Å². The first kappa shape index (κ1) is 19.9. The van der Waals surface area contributed by atoms with Gasteiger partial charge in [-0.3, -0.25) is 9.59 Å². The zero-order chi connectivity index (χ0) is 16.3. The second-order valence-corrected chi connectivity index (χ2v) is 5.75. The Morgan fingerprint density at radius 3 is 2.29 bits per heavy atom. The zero-order valence-corrected chi connectivity index (χ0v) is 14.1. The highest BCUT2D eigenvalue weighted by Gasteiger charge is 2.20. The number of hydrogen-bond acceptors (Lipinski definition) is 4. The molecule has 21 heavy (non-hydrogen) atoms. The molecule has 124 valence electrons. The summed E-state index contributed by atoms with van der Waals surface area (Å²) < 4.78 is 4.69. The summed E-state index contributed by atoms with van der Waals surface area (Å²) in [6, 6.07) is 0. The second-order valence-electron chi connectivity index (χ2n) is 5.75. The number of methoxy groups -OCH3 is 1. The molecule has 0 bridgehead atoms. The first-order valence-corrected chi connectivity index (χ1v) is 8.02. The van der Waals surface area contributed by atoms with Gasteiger partial charge in [-0.25, -0.2) is 0 Å². The molecule has 0 spiro atoms. The molecule has 0 heterocycles. The third-order valence-electron chi connectivity index (χ3n) is 4.04. The number of carbonyl (C=O) groups excluding carboxylic acids is 2. The van der Waals surface area contributed by atoms with Crippen molar-refractivity contribution in [2.24, 2.45) is 17.6 Å². The molecule has 1 atom stereocenters. The van der Waals surface area contributed by atoms with Crippen LogP contribution in [0.15, 0.2) is 0 Å². The Bertz CT molecular complexity index is 304. The molecular formula is C16H32N2O3. The molecule has 0 rings (SSSR count). The third-order valence-corrected chi connectivity index (χ3v) is 4.04. The van der Waals surface area contributed by atoms with E-state index < -0.39 is 0 Å². The molecule has 0 aliphatic rings. The average Bonchev–Trinajstić information content (AvgIpc) is 2.48. The lowest BCUT2D eigenvalue weighted by atomic mass is 10.00. The maximum absolute atomic E-state index is 12.4. The Morgan fingerprint density at radius 2 is 1.81 bits per heavy atom. The topological polar surface area (TPSA) is 72.6 Å². The van der Waals surface area contributed by atoms with Crippen molar-refractivity contribution in [3.63, 3.8) is 0 Å². The van der Waals surface area contributed by atoms with E-state index in [1.807, 2.05) is 0 Å². The van der Waals surface area contributed by atoms with Crippen molar-refractivity contribution in [1.82, 2.24) is 4.90 Å². The minimum Gasteiger partial charge on any atom is -0.468 e. The number of nitrogens with two attached hydrogens (primary N) is 1. The van der Waals surface area contributed by atoms with Gasteiger partial charge < -0.3 is 15.4 Å². The standard InChI is InChI=1S/C16H32N2O3/c1-5-14(6-2)11-18(12-16(20)21-4)15(19)8-7-13(3)9-10-17/h13-14H,5-12,17H2,1-4H3. The Kier molecular flexibility index (Phi) is 10.9. The summed E-state index contributed by atoms with van der Waals surface area (Å²) >= 11 is 0. The van der Waals surface area contributed by atoms with Crippen molar-refractivity contribution in [3.05, 3.63) is 0 Å². The number of esters is 1. The van der Waals surface area contributed by atoms with Crippen LogP contribution in [0.25, 0.3) is 0 Å². The number of hydrogen-bond donors (Lipinski definition) is 1. The van der Waals surface area contributed by atoms with Crippen LogP contribution in [0, 0.1) is 11.8 Å². The zero-order valence-electron chi connectivity index (χ0n) is 14.1. The molecule has 0 aliphatic carbocycles. The molecule has 0 aromatic carbocycles. The van der Waals surface area contributed by atoms with Crippen molar-refractivity contribution in [3.8, 4) is 0 Å². The lowest BCUT2D eigenvalue weighted by Crippen LogP contribution is -2.39. The fraction of sp³-hybridized carbons (Fsp3) is 0.875. The molecule has 0 saturated carbocycles. The largest absolute Gasteiger partial charge is 0.468 e. The van der Waals surface area contributed by atoms with Crippen molar-refractivity contribution >= 4 is 11.9 Å². The number of amides is 1. The van der Waals surface area contributed by atoms with Crippen LogP contribution in [0.2, 0.25) is 0 Å². The van der Waals surface area contributed by atoms with E-state index in [2.05, 4.69) is 20.8 Å². The predicted molar refractivity (Wildman–Crippen MR) is 84.7 cm³/mol. The maximum atomic E-state index is 12.4. The summed E-state index contributed by atoms with van der Waals surface area (Å²) in [6.07, 6.45) is 4.22. The highest BCUT2D eigenvalue weighted by Crippen LogP contribution is 2.14. The fourth-order valence-corrected chi connectivity index (χ4v) is 2.29. The Labute approximate surface area is 129 Å². The average molecular weight is 300 g/mol. The van der Waals surface area contributed by atoms with Crippen molar-refractivity contribution in [2.75, 3.05) is 26.7 Å². The lowest BCUT2D eigenvalue weighted by molar-refractivity contribution is -0.147. The van der Waals surface area contributed by atoms with Gasteiger partial charge in [-0.2, -0.15) is 0 Å². The summed E-state index contributed by atoms with van der Waals surface area (Å²) in [4.78, 5) is 25.5. The molecule has 0 saturated heterocycles. The van der Waals surface area contributed by atoms with Crippen LogP contribution in [0.4, 0.5) is 0 Å². The maximum Gasteiger partial charge on any atom is 0.325 e. The van der Waals surface area contributed by atoms with Gasteiger partial charge in [0.2, 0.25) is 5.91 Å². The summed E-state index contributed by atoms with van der Waals surface area (Å²) in [6.45, 7) is 7.65. The number of rotatable bonds is 11. The van der Waals surface area contributed by atoms with Crippen molar-refractivity contribution < 1.29 is 14.3 Å². The van der Waals surface area contributed by atoms with Crippen LogP contribution in [-0.2, 0) is 14.3 Å². The van der Waals surface area contributed by atoms with Gasteiger partial charge in [-0.05, 0) is 31.2 Å². The van der Waals surface area contributed by atoms with Crippen LogP contribution in [0.1, 0.15) is 52.9 Å². The molecule has 0 aliphatic heterocycles. The van der Waals surface area contributed by atoms with Crippen LogP contribution in [-0.4, -0.2) is 43.5 Å². The van der Waals surface area contributed by atoms with Crippen molar-refractivity contribution in [2.45, 2.75) is 52.9 Å². The Balaban J connectivity index is 4.54. The molecule has 0 aromatic heterocycles. The first-order valence-electron chi connectivity index (χ1n) is 8.02. The van der Waals surface area contributed by atoms with Crippen LogP contribution in [0.5, 0.6) is 0 Å². The van der Waals surface area contributed by atoms with E-state index in [1.165, 1.54) is 7.11 Å². The highest BCUT2D eigenvalue weighted by molar-refractivity contribution is 5.82. The number of nitrogens with zero attached hydrogens (tertiary/aromatic N) is 1. The summed E-state index contributed by atoms with van der Waals surface area (Å²) in [5.74, 6) is 0.549. The fourth-order valence-electron chi connectivity index (χ4n) is 2.29. The molecule has 1 amide bonds. The number of carbonyl (C=O) groups is 2. The minimum atomic E-state index is -0.357. The lowest BCUT2D eigenvalue weighted by Gasteiger charge is -2.26. The van der Waals surface area contributed by atoms with E-state index >= 15 is 0 Å². The monoisotopic (exact) mass is 300 g/mol. The minimum absolute atomic E-state index is 0.0381. The highest BCUT2D eigenvalue weighted by atomic mass is 16.5. The predicted octanol–water partition coefficient (Wildman–Crippen LogP) is 2.19. The van der Waals surface area contributed by atoms with Gasteiger partial charge in [-0.1, -0.05) is 33.6 Å². The van der Waals surface area contributed by atoms with Crippen LogP contribution < -0.4 is 5.73 Å². The molecule has 5 nitrogen and oxygen atoms in total. The van der Waals surface area contributed by atoms with Gasteiger partial charge in [0.15, 0.2) is 0 Å². The smallest absolute Gasteiger partial charge is 0.325 e. The quantitative estimate of drug-likeness (QED) is 0.594. The van der Waals surface area contributed by atoms with E-state index in [1.54, 1.807) is 4.90 Å². The third kappa shape index (κ3) is 8.71. The number of ether oxygens (including phenoxy) is 1. The van der Waals surface area contributed by atoms with Crippen LogP contribution >= 0.6 is 0 Å². The van der Waals surface area contributed by atoms with Gasteiger partial charge >= 0.3 is 5.97 Å². The summed E-state index contributed by atoms with van der Waals surface area (Å²) in [5, 5.41) is 0. The molecule has 5 heteroatoms. The molecule has 0 radical (unpaired) electrons. The van der Waals surface area contributed by atoms with Gasteiger partial charge in [0, 0.05) is 13.0 Å². The summed E-state index contributed by atoms with van der Waals surface area (Å²) in [7, 11) is 1.35. The molecular weight excluding hydrogens is 268 g/mol. The summed E-state index contributed by atoms with van der Waals surface area (Å²) in [5.41, 5.74) is 5.52. The second kappa shape index (κ2) is 11.5. The normalized spacial score (nSPS) is 12.3. The van der Waals surface area contributed by atoms with Crippen molar-refractivity contribution in [1.29, 1.82) is 0 Å². The SMILES string of the molecule is CCC(CC)CN(CC(=O)OC)C(=O)CCC(C)CCN.